The van der Waals surface area contributed by atoms with Gasteiger partial charge in [0, 0.05) is 24.4 Å². The Morgan fingerprint density at radius 2 is 2.04 bits per heavy atom. The third-order valence-electron chi connectivity index (χ3n) is 3.85. The zero-order chi connectivity index (χ0) is 16.1. The standard InChI is InChI=1S/C17H23N5O/c1-12-10-15(20-16-11-13(2)23-22-16)21-17(19-12)18-9-8-14-6-4-3-5-7-14/h6,10-11H,3-5,7-9H2,1-2H3,(H2,18,19,20,21,22). The Balaban J connectivity index is 1.59. The van der Waals surface area contributed by atoms with Crippen LogP contribution >= 0.6 is 0 Å². The summed E-state index contributed by atoms with van der Waals surface area (Å²) in [4.78, 5) is 8.92. The lowest BCUT2D eigenvalue weighted by molar-refractivity contribution is 0.400. The number of hydrogen-bond acceptors (Lipinski definition) is 6. The van der Waals surface area contributed by atoms with Gasteiger partial charge in [0.2, 0.25) is 5.95 Å². The molecule has 0 atom stereocenters. The van der Waals surface area contributed by atoms with Gasteiger partial charge >= 0.3 is 0 Å². The van der Waals surface area contributed by atoms with Crippen molar-refractivity contribution in [1.82, 2.24) is 15.1 Å². The van der Waals surface area contributed by atoms with E-state index >= 15 is 0 Å². The molecule has 0 saturated heterocycles. The molecule has 3 rings (SSSR count). The van der Waals surface area contributed by atoms with Gasteiger partial charge in [-0.15, -0.1) is 0 Å². The fourth-order valence-electron chi connectivity index (χ4n) is 2.73. The van der Waals surface area contributed by atoms with E-state index in [1.165, 1.54) is 25.7 Å². The molecule has 0 fully saturated rings. The van der Waals surface area contributed by atoms with E-state index in [1.54, 1.807) is 5.57 Å². The van der Waals surface area contributed by atoms with Crippen molar-refractivity contribution in [1.29, 1.82) is 0 Å². The summed E-state index contributed by atoms with van der Waals surface area (Å²) in [6.45, 7) is 4.67. The molecule has 2 aromatic rings. The Labute approximate surface area is 136 Å². The van der Waals surface area contributed by atoms with Crippen molar-refractivity contribution in [3.63, 3.8) is 0 Å². The second-order valence-corrected chi connectivity index (χ2v) is 5.95. The van der Waals surface area contributed by atoms with Crippen LogP contribution in [-0.2, 0) is 0 Å². The van der Waals surface area contributed by atoms with E-state index < -0.39 is 0 Å². The molecule has 2 aromatic heterocycles. The summed E-state index contributed by atoms with van der Waals surface area (Å²) in [7, 11) is 0. The van der Waals surface area contributed by atoms with Crippen LogP contribution in [0.4, 0.5) is 17.6 Å². The molecule has 122 valence electrons. The molecule has 0 aliphatic heterocycles. The van der Waals surface area contributed by atoms with E-state index in [1.807, 2.05) is 26.0 Å². The van der Waals surface area contributed by atoms with Crippen LogP contribution in [0.3, 0.4) is 0 Å². The average molecular weight is 313 g/mol. The normalized spacial score (nSPS) is 14.4. The molecule has 0 aromatic carbocycles. The summed E-state index contributed by atoms with van der Waals surface area (Å²) < 4.78 is 5.05. The predicted molar refractivity (Wildman–Crippen MR) is 90.9 cm³/mol. The van der Waals surface area contributed by atoms with E-state index in [2.05, 4.69) is 31.8 Å². The minimum Gasteiger partial charge on any atom is -0.360 e. The molecule has 23 heavy (non-hydrogen) atoms. The minimum absolute atomic E-state index is 0.643. The van der Waals surface area contributed by atoms with Crippen molar-refractivity contribution in [3.05, 3.63) is 35.2 Å². The molecule has 6 heteroatoms. The van der Waals surface area contributed by atoms with Crippen LogP contribution in [-0.4, -0.2) is 21.7 Å². The van der Waals surface area contributed by atoms with Gasteiger partial charge in [0.05, 0.1) is 0 Å². The zero-order valence-corrected chi connectivity index (χ0v) is 13.7. The van der Waals surface area contributed by atoms with Crippen molar-refractivity contribution >= 4 is 17.6 Å². The van der Waals surface area contributed by atoms with Gasteiger partial charge in [-0.3, -0.25) is 0 Å². The molecular weight excluding hydrogens is 290 g/mol. The van der Waals surface area contributed by atoms with Crippen molar-refractivity contribution in [2.45, 2.75) is 46.0 Å². The number of nitrogens with one attached hydrogen (secondary N) is 2. The van der Waals surface area contributed by atoms with Crippen LogP contribution < -0.4 is 10.6 Å². The molecule has 6 nitrogen and oxygen atoms in total. The first-order valence-electron chi connectivity index (χ1n) is 8.17. The summed E-state index contributed by atoms with van der Waals surface area (Å²) in [5.41, 5.74) is 2.45. The minimum atomic E-state index is 0.643. The van der Waals surface area contributed by atoms with Gasteiger partial charge in [0.25, 0.3) is 0 Å². The van der Waals surface area contributed by atoms with Crippen molar-refractivity contribution in [2.24, 2.45) is 0 Å². The van der Waals surface area contributed by atoms with E-state index in [-0.39, 0.29) is 0 Å². The SMILES string of the molecule is Cc1cc(Nc2cc(C)on2)nc(NCCC2=CCCCC2)n1. The fourth-order valence-corrected chi connectivity index (χ4v) is 2.73. The quantitative estimate of drug-likeness (QED) is 0.781. The van der Waals surface area contributed by atoms with Crippen LogP contribution in [0.25, 0.3) is 0 Å². The number of allylic oxidation sites excluding steroid dienone is 1. The maximum absolute atomic E-state index is 5.05. The lowest BCUT2D eigenvalue weighted by Gasteiger charge is -2.13. The largest absolute Gasteiger partial charge is 0.360 e. The third kappa shape index (κ3) is 4.55. The summed E-state index contributed by atoms with van der Waals surface area (Å²) in [5.74, 6) is 2.77. The summed E-state index contributed by atoms with van der Waals surface area (Å²) in [6.07, 6.45) is 8.54. The molecule has 0 amide bonds. The molecule has 2 N–H and O–H groups in total. The zero-order valence-electron chi connectivity index (χ0n) is 13.7. The highest BCUT2D eigenvalue weighted by Crippen LogP contribution is 2.20. The van der Waals surface area contributed by atoms with Gasteiger partial charge in [-0.25, -0.2) is 4.98 Å². The highest BCUT2D eigenvalue weighted by molar-refractivity contribution is 5.53. The predicted octanol–water partition coefficient (Wildman–Crippen LogP) is 4.13. The number of hydrogen-bond donors (Lipinski definition) is 2. The first-order valence-corrected chi connectivity index (χ1v) is 8.17. The molecule has 0 unspecified atom stereocenters. The van der Waals surface area contributed by atoms with E-state index in [0.29, 0.717) is 17.6 Å². The molecule has 2 heterocycles. The van der Waals surface area contributed by atoms with Crippen molar-refractivity contribution in [2.75, 3.05) is 17.2 Å². The van der Waals surface area contributed by atoms with E-state index in [4.69, 9.17) is 4.52 Å². The van der Waals surface area contributed by atoms with Gasteiger partial charge in [0.15, 0.2) is 5.82 Å². The number of aromatic nitrogens is 3. The van der Waals surface area contributed by atoms with Gasteiger partial charge in [-0.05, 0) is 46.0 Å². The number of aryl methyl sites for hydroxylation is 2. The first-order chi connectivity index (χ1) is 11.2. The Morgan fingerprint density at radius 3 is 2.78 bits per heavy atom. The van der Waals surface area contributed by atoms with Crippen LogP contribution in [0, 0.1) is 13.8 Å². The van der Waals surface area contributed by atoms with Crippen molar-refractivity contribution < 1.29 is 4.52 Å². The smallest absolute Gasteiger partial charge is 0.224 e. The summed E-state index contributed by atoms with van der Waals surface area (Å²) in [5, 5.41) is 10.4. The molecule has 1 aliphatic carbocycles. The molecule has 0 spiro atoms. The molecule has 1 aliphatic rings. The van der Waals surface area contributed by atoms with Crippen LogP contribution in [0.15, 0.2) is 28.3 Å². The Kier molecular flexibility index (Phi) is 4.90. The van der Waals surface area contributed by atoms with Crippen LogP contribution in [0.2, 0.25) is 0 Å². The monoisotopic (exact) mass is 313 g/mol. The second kappa shape index (κ2) is 7.26. The second-order valence-electron chi connectivity index (χ2n) is 5.95. The average Bonchev–Trinajstić information content (AvgIpc) is 2.93. The van der Waals surface area contributed by atoms with Gasteiger partial charge in [-0.1, -0.05) is 16.8 Å². The number of rotatable bonds is 6. The van der Waals surface area contributed by atoms with Gasteiger partial charge in [-0.2, -0.15) is 4.98 Å². The molecule has 0 radical (unpaired) electrons. The topological polar surface area (TPSA) is 75.9 Å². The number of anilines is 3. The molecular formula is C17H23N5O. The Hall–Kier alpha value is -2.37. The highest BCUT2D eigenvalue weighted by Gasteiger charge is 2.07. The van der Waals surface area contributed by atoms with Gasteiger partial charge in [0.1, 0.15) is 11.6 Å². The maximum Gasteiger partial charge on any atom is 0.224 e. The highest BCUT2D eigenvalue weighted by atomic mass is 16.5. The van der Waals surface area contributed by atoms with E-state index in [9.17, 15) is 0 Å². The summed E-state index contributed by atoms with van der Waals surface area (Å²) in [6, 6.07) is 3.72. The molecule has 0 bridgehead atoms. The third-order valence-corrected chi connectivity index (χ3v) is 3.85. The Morgan fingerprint density at radius 1 is 1.13 bits per heavy atom. The fraction of sp³-hybridized carbons (Fsp3) is 0.471. The maximum atomic E-state index is 5.05. The van der Waals surface area contributed by atoms with E-state index in [0.717, 1.165) is 24.4 Å². The first kappa shape index (κ1) is 15.5. The molecule has 0 saturated carbocycles. The Bertz CT molecular complexity index is 692. The number of nitrogens with zero attached hydrogens (tertiary/aromatic N) is 3. The lowest BCUT2D eigenvalue weighted by Crippen LogP contribution is -2.09. The van der Waals surface area contributed by atoms with Crippen molar-refractivity contribution in [3.8, 4) is 0 Å². The lowest BCUT2D eigenvalue weighted by atomic mass is 9.97. The van der Waals surface area contributed by atoms with Crippen LogP contribution in [0.5, 0.6) is 0 Å². The van der Waals surface area contributed by atoms with Crippen LogP contribution in [0.1, 0.15) is 43.6 Å². The van der Waals surface area contributed by atoms with Gasteiger partial charge < -0.3 is 15.2 Å². The summed E-state index contributed by atoms with van der Waals surface area (Å²) >= 11 is 0.